The van der Waals surface area contributed by atoms with Crippen molar-refractivity contribution in [2.24, 2.45) is 0 Å². The number of hydrogen-bond donors (Lipinski definition) is 2. The molecule has 1 saturated heterocycles. The molecule has 2 heterocycles. The summed E-state index contributed by atoms with van der Waals surface area (Å²) in [6.07, 6.45) is 5.04. The van der Waals surface area contributed by atoms with Crippen LogP contribution in [-0.2, 0) is 6.54 Å². The highest BCUT2D eigenvalue weighted by Gasteiger charge is 2.08. The Hall–Kier alpha value is -1.07. The number of anilines is 1. The number of hydrogen-bond acceptors (Lipinski definition) is 4. The zero-order valence-corrected chi connectivity index (χ0v) is 10.7. The second kappa shape index (κ2) is 6.61. The van der Waals surface area contributed by atoms with Crippen LogP contribution in [0.1, 0.15) is 13.3 Å². The van der Waals surface area contributed by atoms with E-state index < -0.39 is 0 Å². The molecule has 0 aromatic carbocycles. The molecule has 2 rings (SSSR count). The Morgan fingerprint density at radius 3 is 3.00 bits per heavy atom. The molecule has 1 aliphatic heterocycles. The van der Waals surface area contributed by atoms with E-state index in [1.807, 2.05) is 12.4 Å². The molecule has 0 saturated carbocycles. The van der Waals surface area contributed by atoms with Gasteiger partial charge in [0.2, 0.25) is 5.95 Å². The molecule has 1 aliphatic rings. The maximum Gasteiger partial charge on any atom is 0.202 e. The SMILES string of the molecule is CCn1ccnc1NCCCN1CCNCC1. The number of imidazole rings is 1. The van der Waals surface area contributed by atoms with E-state index in [-0.39, 0.29) is 0 Å². The van der Waals surface area contributed by atoms with Gasteiger partial charge >= 0.3 is 0 Å². The van der Waals surface area contributed by atoms with Crippen molar-refractivity contribution in [2.45, 2.75) is 19.9 Å². The molecule has 1 fully saturated rings. The van der Waals surface area contributed by atoms with E-state index in [1.54, 1.807) is 0 Å². The minimum absolute atomic E-state index is 0.972. The predicted molar refractivity (Wildman–Crippen MR) is 70.3 cm³/mol. The van der Waals surface area contributed by atoms with Crippen LogP contribution in [0.4, 0.5) is 5.95 Å². The lowest BCUT2D eigenvalue weighted by molar-refractivity contribution is 0.240. The van der Waals surface area contributed by atoms with Crippen LogP contribution >= 0.6 is 0 Å². The summed E-state index contributed by atoms with van der Waals surface area (Å²) in [5, 5.41) is 6.77. The van der Waals surface area contributed by atoms with Gasteiger partial charge in [-0.25, -0.2) is 4.98 Å². The highest BCUT2D eigenvalue weighted by Crippen LogP contribution is 2.03. The molecule has 0 aliphatic carbocycles. The largest absolute Gasteiger partial charge is 0.356 e. The molecule has 17 heavy (non-hydrogen) atoms. The maximum atomic E-state index is 4.30. The minimum Gasteiger partial charge on any atom is -0.356 e. The van der Waals surface area contributed by atoms with E-state index in [0.717, 1.165) is 32.1 Å². The Kier molecular flexibility index (Phi) is 4.82. The monoisotopic (exact) mass is 237 g/mol. The van der Waals surface area contributed by atoms with Crippen molar-refractivity contribution >= 4 is 5.95 Å². The van der Waals surface area contributed by atoms with Gasteiger partial charge in [0.1, 0.15) is 0 Å². The van der Waals surface area contributed by atoms with Crippen LogP contribution in [0.25, 0.3) is 0 Å². The molecule has 0 atom stereocenters. The number of aryl methyl sites for hydroxylation is 1. The topological polar surface area (TPSA) is 45.1 Å². The summed E-state index contributed by atoms with van der Waals surface area (Å²) in [5.41, 5.74) is 0. The van der Waals surface area contributed by atoms with Crippen LogP contribution in [0.3, 0.4) is 0 Å². The van der Waals surface area contributed by atoms with Crippen LogP contribution in [-0.4, -0.2) is 53.7 Å². The third kappa shape index (κ3) is 3.71. The highest BCUT2D eigenvalue weighted by atomic mass is 15.2. The summed E-state index contributed by atoms with van der Waals surface area (Å²) in [6, 6.07) is 0. The van der Waals surface area contributed by atoms with Crippen LogP contribution < -0.4 is 10.6 Å². The second-order valence-corrected chi connectivity index (χ2v) is 4.41. The number of nitrogens with zero attached hydrogens (tertiary/aromatic N) is 3. The Balaban J connectivity index is 1.62. The maximum absolute atomic E-state index is 4.30. The van der Waals surface area contributed by atoms with Gasteiger partial charge in [0.05, 0.1) is 0 Å². The molecular formula is C12H23N5. The fraction of sp³-hybridized carbons (Fsp3) is 0.750. The fourth-order valence-corrected chi connectivity index (χ4v) is 2.17. The smallest absolute Gasteiger partial charge is 0.202 e. The Morgan fingerprint density at radius 2 is 2.24 bits per heavy atom. The van der Waals surface area contributed by atoms with E-state index >= 15 is 0 Å². The summed E-state index contributed by atoms with van der Waals surface area (Å²) in [4.78, 5) is 6.82. The third-order valence-corrected chi connectivity index (χ3v) is 3.20. The van der Waals surface area contributed by atoms with Crippen LogP contribution in [0.2, 0.25) is 0 Å². The normalized spacial score (nSPS) is 17.2. The van der Waals surface area contributed by atoms with Gasteiger partial charge in [-0.2, -0.15) is 0 Å². The first-order chi connectivity index (χ1) is 8.40. The zero-order chi connectivity index (χ0) is 11.9. The molecule has 96 valence electrons. The van der Waals surface area contributed by atoms with Crippen LogP contribution in [0.15, 0.2) is 12.4 Å². The van der Waals surface area contributed by atoms with Crippen molar-refractivity contribution < 1.29 is 0 Å². The van der Waals surface area contributed by atoms with Crippen molar-refractivity contribution in [2.75, 3.05) is 44.6 Å². The first-order valence-corrected chi connectivity index (χ1v) is 6.58. The van der Waals surface area contributed by atoms with Gasteiger partial charge in [0, 0.05) is 51.7 Å². The van der Waals surface area contributed by atoms with E-state index in [9.17, 15) is 0 Å². The van der Waals surface area contributed by atoms with Crippen molar-refractivity contribution in [3.63, 3.8) is 0 Å². The number of rotatable bonds is 6. The van der Waals surface area contributed by atoms with Gasteiger partial charge in [-0.15, -0.1) is 0 Å². The van der Waals surface area contributed by atoms with Gasteiger partial charge in [-0.3, -0.25) is 0 Å². The number of nitrogens with one attached hydrogen (secondary N) is 2. The van der Waals surface area contributed by atoms with Gasteiger partial charge in [0.25, 0.3) is 0 Å². The Bertz CT molecular complexity index is 316. The van der Waals surface area contributed by atoms with Gasteiger partial charge in [0.15, 0.2) is 0 Å². The second-order valence-electron chi connectivity index (χ2n) is 4.41. The van der Waals surface area contributed by atoms with Gasteiger partial charge in [-0.05, 0) is 19.9 Å². The number of piperazine rings is 1. The first-order valence-electron chi connectivity index (χ1n) is 6.58. The Labute approximate surface area is 103 Å². The molecule has 1 aromatic rings. The van der Waals surface area contributed by atoms with Crippen molar-refractivity contribution in [3.8, 4) is 0 Å². The summed E-state index contributed by atoms with van der Waals surface area (Å²) >= 11 is 0. The van der Waals surface area contributed by atoms with Gasteiger partial charge in [-0.1, -0.05) is 0 Å². The predicted octanol–water partition coefficient (Wildman–Crippen LogP) is 0.610. The molecule has 2 N–H and O–H groups in total. The van der Waals surface area contributed by atoms with E-state index in [0.29, 0.717) is 0 Å². The summed E-state index contributed by atoms with van der Waals surface area (Å²) < 4.78 is 2.13. The van der Waals surface area contributed by atoms with E-state index in [4.69, 9.17) is 0 Å². The molecule has 0 bridgehead atoms. The highest BCUT2D eigenvalue weighted by molar-refractivity contribution is 5.25. The van der Waals surface area contributed by atoms with E-state index in [1.165, 1.54) is 26.1 Å². The van der Waals surface area contributed by atoms with Gasteiger partial charge < -0.3 is 20.1 Å². The average Bonchev–Trinajstić information content (AvgIpc) is 2.83. The lowest BCUT2D eigenvalue weighted by Crippen LogP contribution is -2.44. The molecule has 5 nitrogen and oxygen atoms in total. The minimum atomic E-state index is 0.972. The summed E-state index contributed by atoms with van der Waals surface area (Å²) in [7, 11) is 0. The zero-order valence-electron chi connectivity index (χ0n) is 10.7. The standard InChI is InChI=1S/C12H23N5/c1-2-17-11-7-15-12(17)14-4-3-8-16-9-5-13-6-10-16/h7,11,13H,2-6,8-10H2,1H3,(H,14,15). The lowest BCUT2D eigenvalue weighted by atomic mass is 10.3. The molecule has 5 heteroatoms. The molecule has 0 amide bonds. The molecular weight excluding hydrogens is 214 g/mol. The quantitative estimate of drug-likeness (QED) is 0.712. The Morgan fingerprint density at radius 1 is 1.41 bits per heavy atom. The molecule has 1 aromatic heterocycles. The summed E-state index contributed by atoms with van der Waals surface area (Å²) in [6.45, 7) is 9.92. The molecule has 0 unspecified atom stereocenters. The fourth-order valence-electron chi connectivity index (χ4n) is 2.17. The van der Waals surface area contributed by atoms with Crippen LogP contribution in [0.5, 0.6) is 0 Å². The van der Waals surface area contributed by atoms with Crippen molar-refractivity contribution in [1.82, 2.24) is 19.8 Å². The molecule has 0 radical (unpaired) electrons. The molecule has 0 spiro atoms. The van der Waals surface area contributed by atoms with Crippen LogP contribution in [0, 0.1) is 0 Å². The average molecular weight is 237 g/mol. The van der Waals surface area contributed by atoms with Crippen molar-refractivity contribution in [3.05, 3.63) is 12.4 Å². The lowest BCUT2D eigenvalue weighted by Gasteiger charge is -2.27. The third-order valence-electron chi connectivity index (χ3n) is 3.20. The summed E-state index contributed by atoms with van der Waals surface area (Å²) in [5.74, 6) is 0.993. The van der Waals surface area contributed by atoms with Crippen molar-refractivity contribution in [1.29, 1.82) is 0 Å². The van der Waals surface area contributed by atoms with E-state index in [2.05, 4.69) is 32.0 Å². The number of aromatic nitrogens is 2. The first kappa shape index (κ1) is 12.4.